The standard InChI is InChI=1S/C17H22N4O2/c1-2-18-17(20-11-14-7-4-3-5-8-14)21-13-16(22)19-12-15-9-6-10-23-15/h3-10H,2,11-13H2,1H3,(H,19,22)(H2,18,20,21). The van der Waals surface area contributed by atoms with Crippen molar-refractivity contribution in [3.8, 4) is 0 Å². The molecule has 0 spiro atoms. The van der Waals surface area contributed by atoms with Gasteiger partial charge in [-0.05, 0) is 24.6 Å². The summed E-state index contributed by atoms with van der Waals surface area (Å²) in [7, 11) is 0. The van der Waals surface area contributed by atoms with Crippen LogP contribution in [0.1, 0.15) is 18.2 Å². The number of amides is 1. The molecule has 2 aromatic rings. The Morgan fingerprint density at radius 3 is 2.61 bits per heavy atom. The highest BCUT2D eigenvalue weighted by atomic mass is 16.3. The predicted molar refractivity (Wildman–Crippen MR) is 89.8 cm³/mol. The van der Waals surface area contributed by atoms with Crippen molar-refractivity contribution in [2.75, 3.05) is 13.1 Å². The normalized spacial score (nSPS) is 11.1. The van der Waals surface area contributed by atoms with Gasteiger partial charge in [-0.3, -0.25) is 4.79 Å². The van der Waals surface area contributed by atoms with Crippen molar-refractivity contribution in [1.29, 1.82) is 0 Å². The van der Waals surface area contributed by atoms with Gasteiger partial charge in [0.15, 0.2) is 5.96 Å². The molecule has 1 aromatic heterocycles. The van der Waals surface area contributed by atoms with Gasteiger partial charge in [0, 0.05) is 6.54 Å². The van der Waals surface area contributed by atoms with E-state index in [-0.39, 0.29) is 12.5 Å². The minimum Gasteiger partial charge on any atom is -0.467 e. The molecule has 0 aliphatic heterocycles. The van der Waals surface area contributed by atoms with Crippen LogP contribution in [0, 0.1) is 0 Å². The van der Waals surface area contributed by atoms with Crippen LogP contribution < -0.4 is 16.0 Å². The Morgan fingerprint density at radius 2 is 1.91 bits per heavy atom. The topological polar surface area (TPSA) is 78.7 Å². The first-order valence-corrected chi connectivity index (χ1v) is 7.63. The van der Waals surface area contributed by atoms with Gasteiger partial charge in [-0.1, -0.05) is 30.3 Å². The quantitative estimate of drug-likeness (QED) is 0.536. The second-order valence-electron chi connectivity index (χ2n) is 4.89. The van der Waals surface area contributed by atoms with E-state index in [4.69, 9.17) is 4.42 Å². The van der Waals surface area contributed by atoms with Crippen LogP contribution >= 0.6 is 0 Å². The average molecular weight is 314 g/mol. The maximum atomic E-state index is 11.8. The van der Waals surface area contributed by atoms with E-state index >= 15 is 0 Å². The lowest BCUT2D eigenvalue weighted by Crippen LogP contribution is -2.43. The molecule has 122 valence electrons. The minimum absolute atomic E-state index is 0.119. The predicted octanol–water partition coefficient (Wildman–Crippen LogP) is 1.65. The minimum atomic E-state index is -0.119. The Bertz CT molecular complexity index is 609. The molecule has 0 unspecified atom stereocenters. The molecule has 1 amide bonds. The number of carbonyl (C=O) groups excluding carboxylic acids is 1. The summed E-state index contributed by atoms with van der Waals surface area (Å²) in [4.78, 5) is 16.3. The number of hydrogen-bond acceptors (Lipinski definition) is 3. The molecule has 6 nitrogen and oxygen atoms in total. The van der Waals surface area contributed by atoms with E-state index in [9.17, 15) is 4.79 Å². The van der Waals surface area contributed by atoms with Crippen molar-refractivity contribution in [2.45, 2.75) is 20.0 Å². The van der Waals surface area contributed by atoms with E-state index in [0.717, 1.165) is 17.9 Å². The summed E-state index contributed by atoms with van der Waals surface area (Å²) in [5, 5.41) is 8.91. The maximum Gasteiger partial charge on any atom is 0.239 e. The average Bonchev–Trinajstić information content (AvgIpc) is 3.10. The Morgan fingerprint density at radius 1 is 1.09 bits per heavy atom. The molecule has 0 saturated heterocycles. The van der Waals surface area contributed by atoms with Crippen LogP contribution in [-0.4, -0.2) is 25.0 Å². The highest BCUT2D eigenvalue weighted by Gasteiger charge is 2.04. The SMILES string of the molecule is CCNC(=NCc1ccccc1)NCC(=O)NCc1ccco1. The van der Waals surface area contributed by atoms with Crippen molar-refractivity contribution in [1.82, 2.24) is 16.0 Å². The Balaban J connectivity index is 1.78. The largest absolute Gasteiger partial charge is 0.467 e. The van der Waals surface area contributed by atoms with E-state index in [2.05, 4.69) is 20.9 Å². The van der Waals surface area contributed by atoms with Crippen LogP contribution in [0.25, 0.3) is 0 Å². The zero-order valence-electron chi connectivity index (χ0n) is 13.2. The molecular weight excluding hydrogens is 292 g/mol. The lowest BCUT2D eigenvalue weighted by Gasteiger charge is -2.11. The van der Waals surface area contributed by atoms with Crippen LogP contribution in [0.3, 0.4) is 0 Å². The molecule has 6 heteroatoms. The fourth-order valence-electron chi connectivity index (χ4n) is 1.92. The monoisotopic (exact) mass is 314 g/mol. The zero-order chi connectivity index (χ0) is 16.3. The lowest BCUT2D eigenvalue weighted by molar-refractivity contribution is -0.120. The molecular formula is C17H22N4O2. The van der Waals surface area contributed by atoms with E-state index in [1.54, 1.807) is 12.3 Å². The van der Waals surface area contributed by atoms with E-state index in [1.165, 1.54) is 0 Å². The zero-order valence-corrected chi connectivity index (χ0v) is 13.2. The molecule has 0 atom stereocenters. The number of hydrogen-bond donors (Lipinski definition) is 3. The summed E-state index contributed by atoms with van der Waals surface area (Å²) >= 11 is 0. The van der Waals surface area contributed by atoms with Gasteiger partial charge in [-0.25, -0.2) is 4.99 Å². The molecule has 0 radical (unpaired) electrons. The van der Waals surface area contributed by atoms with Gasteiger partial charge < -0.3 is 20.4 Å². The van der Waals surface area contributed by atoms with Crippen LogP contribution in [0.2, 0.25) is 0 Å². The third kappa shape index (κ3) is 6.25. The van der Waals surface area contributed by atoms with Gasteiger partial charge in [-0.2, -0.15) is 0 Å². The van der Waals surface area contributed by atoms with Gasteiger partial charge in [-0.15, -0.1) is 0 Å². The van der Waals surface area contributed by atoms with Gasteiger partial charge in [0.25, 0.3) is 0 Å². The van der Waals surface area contributed by atoms with Crippen LogP contribution in [0.5, 0.6) is 0 Å². The molecule has 1 heterocycles. The highest BCUT2D eigenvalue weighted by Crippen LogP contribution is 2.00. The second kappa shape index (κ2) is 9.30. The molecule has 0 saturated carbocycles. The van der Waals surface area contributed by atoms with E-state index in [0.29, 0.717) is 19.0 Å². The Labute approximate surface area is 136 Å². The molecule has 23 heavy (non-hydrogen) atoms. The van der Waals surface area contributed by atoms with Gasteiger partial charge >= 0.3 is 0 Å². The number of rotatable bonds is 7. The number of nitrogens with one attached hydrogen (secondary N) is 3. The maximum absolute atomic E-state index is 11.8. The van der Waals surface area contributed by atoms with E-state index < -0.39 is 0 Å². The molecule has 2 rings (SSSR count). The first-order valence-electron chi connectivity index (χ1n) is 7.63. The fraction of sp³-hybridized carbons (Fsp3) is 0.294. The van der Waals surface area contributed by atoms with E-state index in [1.807, 2.05) is 43.3 Å². The van der Waals surface area contributed by atoms with Crippen molar-refractivity contribution in [3.05, 3.63) is 60.1 Å². The molecule has 0 aliphatic rings. The second-order valence-corrected chi connectivity index (χ2v) is 4.89. The van der Waals surface area contributed by atoms with Gasteiger partial charge in [0.05, 0.1) is 25.9 Å². The molecule has 3 N–H and O–H groups in total. The number of benzene rings is 1. The first-order chi connectivity index (χ1) is 11.3. The number of furan rings is 1. The summed E-state index contributed by atoms with van der Waals surface area (Å²) in [6.45, 7) is 3.81. The first kappa shape index (κ1) is 16.6. The summed E-state index contributed by atoms with van der Waals surface area (Å²) in [6, 6.07) is 13.6. The van der Waals surface area contributed by atoms with Gasteiger partial charge in [0.2, 0.25) is 5.91 Å². The summed E-state index contributed by atoms with van der Waals surface area (Å²) in [5.74, 6) is 1.22. The smallest absolute Gasteiger partial charge is 0.239 e. The van der Waals surface area contributed by atoms with Crippen molar-refractivity contribution < 1.29 is 9.21 Å². The van der Waals surface area contributed by atoms with Crippen molar-refractivity contribution in [2.24, 2.45) is 4.99 Å². The number of carbonyl (C=O) groups is 1. The number of guanidine groups is 1. The Hall–Kier alpha value is -2.76. The third-order valence-corrected chi connectivity index (χ3v) is 3.06. The summed E-state index contributed by atoms with van der Waals surface area (Å²) in [5.41, 5.74) is 1.12. The summed E-state index contributed by atoms with van der Waals surface area (Å²) in [6.07, 6.45) is 1.58. The van der Waals surface area contributed by atoms with Crippen LogP contribution in [0.4, 0.5) is 0 Å². The molecule has 0 bridgehead atoms. The number of nitrogens with zero attached hydrogens (tertiary/aromatic N) is 1. The van der Waals surface area contributed by atoms with Crippen LogP contribution in [-0.2, 0) is 17.9 Å². The van der Waals surface area contributed by atoms with Crippen LogP contribution in [0.15, 0.2) is 58.1 Å². The highest BCUT2D eigenvalue weighted by molar-refractivity contribution is 5.86. The van der Waals surface area contributed by atoms with Gasteiger partial charge in [0.1, 0.15) is 5.76 Å². The van der Waals surface area contributed by atoms with Crippen molar-refractivity contribution >= 4 is 11.9 Å². The van der Waals surface area contributed by atoms with Crippen molar-refractivity contribution in [3.63, 3.8) is 0 Å². The lowest BCUT2D eigenvalue weighted by atomic mass is 10.2. The number of aliphatic imine (C=N–C) groups is 1. The molecule has 0 fully saturated rings. The Kier molecular flexibility index (Phi) is 6.71. The molecule has 0 aliphatic carbocycles. The molecule has 1 aromatic carbocycles. The summed E-state index contributed by atoms with van der Waals surface area (Å²) < 4.78 is 5.16. The fourth-order valence-corrected chi connectivity index (χ4v) is 1.92. The third-order valence-electron chi connectivity index (χ3n) is 3.06.